The topological polar surface area (TPSA) is 58.6 Å². The molecule has 92 valence electrons. The van der Waals surface area contributed by atoms with Crippen molar-refractivity contribution >= 4 is 5.97 Å². The molecule has 1 aromatic carbocycles. The van der Waals surface area contributed by atoms with E-state index in [0.29, 0.717) is 13.2 Å². The van der Waals surface area contributed by atoms with Crippen molar-refractivity contribution in [3.05, 3.63) is 29.8 Å². The highest BCUT2D eigenvalue weighted by molar-refractivity contribution is 5.72. The van der Waals surface area contributed by atoms with Crippen molar-refractivity contribution in [2.75, 3.05) is 19.7 Å². The minimum atomic E-state index is -0.728. The van der Waals surface area contributed by atoms with Gasteiger partial charge in [0.25, 0.3) is 0 Å². The molecule has 17 heavy (non-hydrogen) atoms. The van der Waals surface area contributed by atoms with Gasteiger partial charge in [-0.25, -0.2) is 0 Å². The highest BCUT2D eigenvalue weighted by Gasteiger charge is 2.33. The second-order valence-corrected chi connectivity index (χ2v) is 4.21. The van der Waals surface area contributed by atoms with Crippen molar-refractivity contribution < 1.29 is 14.6 Å². The molecule has 0 amide bonds. The summed E-state index contributed by atoms with van der Waals surface area (Å²) in [6.07, 6.45) is 0. The number of rotatable bonds is 4. The van der Waals surface area contributed by atoms with E-state index in [2.05, 4.69) is 5.32 Å². The van der Waals surface area contributed by atoms with Gasteiger partial charge in [0, 0.05) is 19.0 Å². The fourth-order valence-electron chi connectivity index (χ4n) is 2.27. The predicted molar refractivity (Wildman–Crippen MR) is 64.3 cm³/mol. The summed E-state index contributed by atoms with van der Waals surface area (Å²) in [5.41, 5.74) is 1.06. The van der Waals surface area contributed by atoms with Crippen LogP contribution in [-0.4, -0.2) is 30.8 Å². The van der Waals surface area contributed by atoms with E-state index in [4.69, 9.17) is 9.84 Å². The molecule has 0 saturated carbocycles. The van der Waals surface area contributed by atoms with Gasteiger partial charge in [-0.15, -0.1) is 0 Å². The number of aliphatic carboxylic acids is 1. The lowest BCUT2D eigenvalue weighted by Crippen LogP contribution is -2.20. The Balaban J connectivity index is 2.13. The number of ether oxygens (including phenoxy) is 1. The average molecular weight is 235 g/mol. The van der Waals surface area contributed by atoms with Crippen LogP contribution < -0.4 is 10.1 Å². The van der Waals surface area contributed by atoms with Crippen molar-refractivity contribution in [2.45, 2.75) is 12.8 Å². The number of carbonyl (C=O) groups is 1. The van der Waals surface area contributed by atoms with Crippen LogP contribution >= 0.6 is 0 Å². The van der Waals surface area contributed by atoms with Crippen LogP contribution in [0.1, 0.15) is 18.4 Å². The molecule has 4 nitrogen and oxygen atoms in total. The van der Waals surface area contributed by atoms with E-state index in [-0.39, 0.29) is 11.8 Å². The van der Waals surface area contributed by atoms with Gasteiger partial charge in [-0.1, -0.05) is 12.1 Å². The van der Waals surface area contributed by atoms with Crippen molar-refractivity contribution in [1.82, 2.24) is 5.32 Å². The van der Waals surface area contributed by atoms with E-state index >= 15 is 0 Å². The smallest absolute Gasteiger partial charge is 0.308 e. The van der Waals surface area contributed by atoms with E-state index in [0.717, 1.165) is 17.9 Å². The molecule has 1 aliphatic heterocycles. The fraction of sp³-hybridized carbons (Fsp3) is 0.462. The third-order valence-electron chi connectivity index (χ3n) is 3.15. The van der Waals surface area contributed by atoms with Crippen molar-refractivity contribution in [1.29, 1.82) is 0 Å². The van der Waals surface area contributed by atoms with Gasteiger partial charge in [-0.2, -0.15) is 0 Å². The number of carboxylic acid groups (broad SMARTS) is 1. The zero-order chi connectivity index (χ0) is 12.3. The second-order valence-electron chi connectivity index (χ2n) is 4.21. The molecular formula is C13H17NO3. The summed E-state index contributed by atoms with van der Waals surface area (Å²) in [4.78, 5) is 11.1. The van der Waals surface area contributed by atoms with E-state index in [9.17, 15) is 4.79 Å². The number of hydrogen-bond acceptors (Lipinski definition) is 3. The molecule has 0 spiro atoms. The molecular weight excluding hydrogens is 218 g/mol. The molecule has 2 N–H and O–H groups in total. The Morgan fingerprint density at radius 1 is 1.41 bits per heavy atom. The van der Waals surface area contributed by atoms with E-state index < -0.39 is 5.97 Å². The van der Waals surface area contributed by atoms with Crippen LogP contribution in [0, 0.1) is 5.92 Å². The van der Waals surface area contributed by atoms with Crippen LogP contribution in [0.15, 0.2) is 24.3 Å². The molecule has 2 unspecified atom stereocenters. The predicted octanol–water partition coefficient (Wildman–Crippen LogP) is 1.47. The van der Waals surface area contributed by atoms with E-state index in [1.165, 1.54) is 0 Å². The van der Waals surface area contributed by atoms with Gasteiger partial charge in [0.05, 0.1) is 12.5 Å². The molecule has 0 aliphatic carbocycles. The molecule has 1 heterocycles. The Hall–Kier alpha value is -1.55. The summed E-state index contributed by atoms with van der Waals surface area (Å²) in [5, 5.41) is 12.2. The SMILES string of the molecule is CCOc1ccc(C2CNCC2C(=O)O)cc1. The lowest BCUT2D eigenvalue weighted by atomic mass is 9.89. The van der Waals surface area contributed by atoms with Gasteiger partial charge in [-0.05, 0) is 24.6 Å². The van der Waals surface area contributed by atoms with Gasteiger partial charge in [-0.3, -0.25) is 4.79 Å². The quantitative estimate of drug-likeness (QED) is 0.829. The molecule has 4 heteroatoms. The number of nitrogens with one attached hydrogen (secondary N) is 1. The fourth-order valence-corrected chi connectivity index (χ4v) is 2.27. The zero-order valence-electron chi connectivity index (χ0n) is 9.85. The van der Waals surface area contributed by atoms with Crippen LogP contribution in [0.25, 0.3) is 0 Å². The number of hydrogen-bond donors (Lipinski definition) is 2. The molecule has 0 bridgehead atoms. The van der Waals surface area contributed by atoms with Gasteiger partial charge in [0.2, 0.25) is 0 Å². The number of carboxylic acids is 1. The van der Waals surface area contributed by atoms with Crippen LogP contribution in [-0.2, 0) is 4.79 Å². The maximum atomic E-state index is 11.1. The molecule has 0 aromatic heterocycles. The van der Waals surface area contributed by atoms with Crippen molar-refractivity contribution in [3.63, 3.8) is 0 Å². The molecule has 2 atom stereocenters. The first-order chi connectivity index (χ1) is 8.22. The summed E-state index contributed by atoms with van der Waals surface area (Å²) < 4.78 is 5.37. The summed E-state index contributed by atoms with van der Waals surface area (Å²) in [5.74, 6) is -0.168. The molecule has 0 radical (unpaired) electrons. The van der Waals surface area contributed by atoms with Crippen LogP contribution in [0.4, 0.5) is 0 Å². The number of benzene rings is 1. The van der Waals surface area contributed by atoms with Crippen LogP contribution in [0.2, 0.25) is 0 Å². The van der Waals surface area contributed by atoms with Gasteiger partial charge in [0.15, 0.2) is 0 Å². The molecule has 2 rings (SSSR count). The first-order valence-electron chi connectivity index (χ1n) is 5.88. The highest BCUT2D eigenvalue weighted by Crippen LogP contribution is 2.29. The minimum absolute atomic E-state index is 0.0585. The second kappa shape index (κ2) is 5.19. The lowest BCUT2D eigenvalue weighted by Gasteiger charge is -2.15. The Labute approximate surface area is 101 Å². The maximum Gasteiger partial charge on any atom is 0.308 e. The van der Waals surface area contributed by atoms with E-state index in [1.54, 1.807) is 0 Å². The average Bonchev–Trinajstić information content (AvgIpc) is 2.79. The molecule has 1 fully saturated rings. The Bertz CT molecular complexity index is 388. The molecule has 1 aromatic rings. The lowest BCUT2D eigenvalue weighted by molar-refractivity contribution is -0.141. The summed E-state index contributed by atoms with van der Waals surface area (Å²) in [6, 6.07) is 7.71. The first-order valence-corrected chi connectivity index (χ1v) is 5.88. The minimum Gasteiger partial charge on any atom is -0.494 e. The zero-order valence-corrected chi connectivity index (χ0v) is 9.85. The summed E-state index contributed by atoms with van der Waals surface area (Å²) in [7, 11) is 0. The Morgan fingerprint density at radius 3 is 2.71 bits per heavy atom. The third kappa shape index (κ3) is 2.58. The largest absolute Gasteiger partial charge is 0.494 e. The first kappa shape index (κ1) is 11.9. The van der Waals surface area contributed by atoms with Crippen molar-refractivity contribution in [3.8, 4) is 5.75 Å². The highest BCUT2D eigenvalue weighted by atomic mass is 16.5. The van der Waals surface area contributed by atoms with E-state index in [1.807, 2.05) is 31.2 Å². The summed E-state index contributed by atoms with van der Waals surface area (Å²) >= 11 is 0. The molecule has 1 saturated heterocycles. The van der Waals surface area contributed by atoms with Crippen molar-refractivity contribution in [2.24, 2.45) is 5.92 Å². The van der Waals surface area contributed by atoms with Gasteiger partial charge < -0.3 is 15.2 Å². The van der Waals surface area contributed by atoms with Gasteiger partial charge in [0.1, 0.15) is 5.75 Å². The molecule has 1 aliphatic rings. The standard InChI is InChI=1S/C13H17NO3/c1-2-17-10-5-3-9(4-6-10)11-7-14-8-12(11)13(15)16/h3-6,11-12,14H,2,7-8H2,1H3,(H,15,16). The third-order valence-corrected chi connectivity index (χ3v) is 3.15. The summed E-state index contributed by atoms with van der Waals surface area (Å²) in [6.45, 7) is 3.86. The van der Waals surface area contributed by atoms with Crippen LogP contribution in [0.5, 0.6) is 5.75 Å². The Morgan fingerprint density at radius 2 is 2.12 bits per heavy atom. The maximum absolute atomic E-state index is 11.1. The van der Waals surface area contributed by atoms with Crippen LogP contribution in [0.3, 0.4) is 0 Å². The van der Waals surface area contributed by atoms with Gasteiger partial charge >= 0.3 is 5.97 Å². The monoisotopic (exact) mass is 235 g/mol. The Kier molecular flexibility index (Phi) is 3.64. The normalized spacial score (nSPS) is 23.6.